The fourth-order valence-corrected chi connectivity index (χ4v) is 3.38. The summed E-state index contributed by atoms with van der Waals surface area (Å²) in [6.07, 6.45) is 6.92. The van der Waals surface area contributed by atoms with Crippen LogP contribution in [0.1, 0.15) is 44.9 Å². The first-order chi connectivity index (χ1) is 8.67. The van der Waals surface area contributed by atoms with E-state index in [0.29, 0.717) is 18.4 Å². The van der Waals surface area contributed by atoms with Crippen molar-refractivity contribution in [2.24, 2.45) is 0 Å². The molecule has 3 aliphatic rings. The van der Waals surface area contributed by atoms with E-state index >= 15 is 0 Å². The van der Waals surface area contributed by atoms with Crippen LogP contribution in [0.3, 0.4) is 0 Å². The van der Waals surface area contributed by atoms with E-state index in [9.17, 15) is 9.59 Å². The van der Waals surface area contributed by atoms with Gasteiger partial charge in [0, 0.05) is 18.0 Å². The van der Waals surface area contributed by atoms with Gasteiger partial charge in [-0.3, -0.25) is 9.59 Å². The van der Waals surface area contributed by atoms with Crippen LogP contribution in [0, 0.1) is 0 Å². The largest absolute Gasteiger partial charge is 0.351 e. The van der Waals surface area contributed by atoms with Crippen LogP contribution in [0.4, 0.5) is 0 Å². The zero-order valence-electron chi connectivity index (χ0n) is 10.6. The molecule has 0 aromatic heterocycles. The third kappa shape index (κ3) is 2.23. The lowest BCUT2D eigenvalue weighted by molar-refractivity contribution is -0.126. The van der Waals surface area contributed by atoms with Gasteiger partial charge in [0.15, 0.2) is 0 Å². The molecule has 1 spiro atoms. The van der Waals surface area contributed by atoms with Crippen molar-refractivity contribution in [3.8, 4) is 0 Å². The summed E-state index contributed by atoms with van der Waals surface area (Å²) in [6, 6.07) is -0.0266. The monoisotopic (exact) mass is 251 g/mol. The number of nitrogens with one attached hydrogen (secondary N) is 3. The summed E-state index contributed by atoms with van der Waals surface area (Å²) in [5.41, 5.74) is 0.301. The Labute approximate surface area is 107 Å². The highest BCUT2D eigenvalue weighted by molar-refractivity contribution is 5.90. The second kappa shape index (κ2) is 4.53. The molecule has 2 heterocycles. The van der Waals surface area contributed by atoms with Crippen LogP contribution in [0.5, 0.6) is 0 Å². The molecule has 0 aromatic rings. The maximum absolute atomic E-state index is 12.0. The highest BCUT2D eigenvalue weighted by atomic mass is 16.2. The Morgan fingerprint density at radius 1 is 1.33 bits per heavy atom. The molecule has 2 saturated heterocycles. The highest BCUT2D eigenvalue weighted by Crippen LogP contribution is 2.38. The minimum Gasteiger partial charge on any atom is -0.351 e. The number of piperidine rings is 1. The predicted molar refractivity (Wildman–Crippen MR) is 66.9 cm³/mol. The zero-order valence-corrected chi connectivity index (χ0v) is 10.6. The van der Waals surface area contributed by atoms with Crippen LogP contribution in [0.2, 0.25) is 0 Å². The van der Waals surface area contributed by atoms with Crippen LogP contribution < -0.4 is 16.0 Å². The number of amides is 2. The first-order valence-electron chi connectivity index (χ1n) is 7.02. The molecule has 3 N–H and O–H groups in total. The summed E-state index contributed by atoms with van der Waals surface area (Å²) in [5, 5.41) is 9.43. The van der Waals surface area contributed by atoms with Gasteiger partial charge in [-0.25, -0.2) is 0 Å². The van der Waals surface area contributed by atoms with Crippen LogP contribution in [-0.4, -0.2) is 36.0 Å². The molecule has 1 aliphatic carbocycles. The Kier molecular flexibility index (Phi) is 3.01. The van der Waals surface area contributed by atoms with E-state index in [4.69, 9.17) is 0 Å². The molecule has 5 heteroatoms. The van der Waals surface area contributed by atoms with E-state index in [1.807, 2.05) is 0 Å². The van der Waals surface area contributed by atoms with E-state index in [1.54, 1.807) is 0 Å². The van der Waals surface area contributed by atoms with Gasteiger partial charge in [-0.1, -0.05) is 0 Å². The summed E-state index contributed by atoms with van der Waals surface area (Å²) in [4.78, 5) is 23.1. The van der Waals surface area contributed by atoms with Crippen molar-refractivity contribution in [3.05, 3.63) is 0 Å². The summed E-state index contributed by atoms with van der Waals surface area (Å²) >= 11 is 0. The second-order valence-electron chi connectivity index (χ2n) is 5.92. The lowest BCUT2D eigenvalue weighted by atomic mass is 9.70. The number of rotatable bonds is 2. The van der Waals surface area contributed by atoms with Crippen molar-refractivity contribution in [3.63, 3.8) is 0 Å². The van der Waals surface area contributed by atoms with E-state index in [2.05, 4.69) is 16.0 Å². The van der Waals surface area contributed by atoms with Crippen molar-refractivity contribution in [2.45, 2.75) is 62.6 Å². The Hall–Kier alpha value is -1.10. The first-order valence-corrected chi connectivity index (χ1v) is 7.02. The zero-order chi connectivity index (χ0) is 12.6. The molecule has 1 unspecified atom stereocenters. The summed E-state index contributed by atoms with van der Waals surface area (Å²) in [6.45, 7) is 0.988. The molecular formula is C13H21N3O2. The van der Waals surface area contributed by atoms with Crippen molar-refractivity contribution in [1.82, 2.24) is 16.0 Å². The van der Waals surface area contributed by atoms with Gasteiger partial charge in [-0.05, 0) is 45.1 Å². The smallest absolute Gasteiger partial charge is 0.242 e. The first kappa shape index (κ1) is 12.0. The van der Waals surface area contributed by atoms with Gasteiger partial charge in [-0.2, -0.15) is 0 Å². The quantitative estimate of drug-likeness (QED) is 0.650. The molecule has 2 amide bonds. The van der Waals surface area contributed by atoms with Crippen molar-refractivity contribution in [2.75, 3.05) is 6.54 Å². The standard InChI is InChI=1S/C13H21N3O2/c17-11-3-2-10(16-11)12(18)15-9-4-7-14-13(8-9)5-1-6-13/h9-10,14H,1-8H2,(H,15,18)(H,16,17)/t9?,10-/m1/s1. The molecule has 18 heavy (non-hydrogen) atoms. The van der Waals surface area contributed by atoms with Gasteiger partial charge < -0.3 is 16.0 Å². The van der Waals surface area contributed by atoms with Gasteiger partial charge in [0.2, 0.25) is 11.8 Å². The number of carbonyl (C=O) groups is 2. The van der Waals surface area contributed by atoms with Crippen LogP contribution in [0.15, 0.2) is 0 Å². The minimum absolute atomic E-state index is 0.00206. The Morgan fingerprint density at radius 2 is 2.17 bits per heavy atom. The Morgan fingerprint density at radius 3 is 2.78 bits per heavy atom. The highest BCUT2D eigenvalue weighted by Gasteiger charge is 2.41. The molecule has 3 fully saturated rings. The molecular weight excluding hydrogens is 230 g/mol. The fourth-order valence-electron chi connectivity index (χ4n) is 3.38. The summed E-state index contributed by atoms with van der Waals surface area (Å²) in [5.74, 6) is -0.00172. The molecule has 0 radical (unpaired) electrons. The average molecular weight is 251 g/mol. The van der Waals surface area contributed by atoms with E-state index in [0.717, 1.165) is 19.4 Å². The molecule has 3 rings (SSSR count). The SMILES string of the molecule is O=C1CC[C@H](C(=O)NC2CCNC3(CCC3)C2)N1. The number of hydrogen-bond donors (Lipinski definition) is 3. The maximum atomic E-state index is 12.0. The normalized spacial score (nSPS) is 33.9. The van der Waals surface area contributed by atoms with Crippen LogP contribution >= 0.6 is 0 Å². The maximum Gasteiger partial charge on any atom is 0.242 e. The van der Waals surface area contributed by atoms with E-state index in [1.165, 1.54) is 19.3 Å². The Balaban J connectivity index is 1.52. The summed E-state index contributed by atoms with van der Waals surface area (Å²) in [7, 11) is 0. The fraction of sp³-hybridized carbons (Fsp3) is 0.846. The van der Waals surface area contributed by atoms with Gasteiger partial charge in [0.25, 0.3) is 0 Å². The topological polar surface area (TPSA) is 70.2 Å². The van der Waals surface area contributed by atoms with Gasteiger partial charge in [0.05, 0.1) is 0 Å². The van der Waals surface area contributed by atoms with Crippen molar-refractivity contribution >= 4 is 11.8 Å². The van der Waals surface area contributed by atoms with Crippen molar-refractivity contribution in [1.29, 1.82) is 0 Å². The average Bonchev–Trinajstić information content (AvgIpc) is 2.74. The van der Waals surface area contributed by atoms with Gasteiger partial charge in [-0.15, -0.1) is 0 Å². The molecule has 0 aromatic carbocycles. The predicted octanol–water partition coefficient (Wildman–Crippen LogP) is 0.0559. The molecule has 5 nitrogen and oxygen atoms in total. The minimum atomic E-state index is -0.301. The second-order valence-corrected chi connectivity index (χ2v) is 5.92. The Bertz CT molecular complexity index is 365. The van der Waals surface area contributed by atoms with E-state index in [-0.39, 0.29) is 23.9 Å². The molecule has 2 aliphatic heterocycles. The van der Waals surface area contributed by atoms with Crippen molar-refractivity contribution < 1.29 is 9.59 Å². The van der Waals surface area contributed by atoms with E-state index < -0.39 is 0 Å². The molecule has 0 bridgehead atoms. The summed E-state index contributed by atoms with van der Waals surface area (Å²) < 4.78 is 0. The third-order valence-corrected chi connectivity index (χ3v) is 4.60. The van der Waals surface area contributed by atoms with Gasteiger partial charge in [0.1, 0.15) is 6.04 Å². The lowest BCUT2D eigenvalue weighted by Crippen LogP contribution is -2.60. The van der Waals surface area contributed by atoms with Crippen LogP contribution in [0.25, 0.3) is 0 Å². The number of hydrogen-bond acceptors (Lipinski definition) is 3. The third-order valence-electron chi connectivity index (χ3n) is 4.60. The number of carbonyl (C=O) groups excluding carboxylic acids is 2. The van der Waals surface area contributed by atoms with Gasteiger partial charge >= 0.3 is 0 Å². The lowest BCUT2D eigenvalue weighted by Gasteiger charge is -2.48. The van der Waals surface area contributed by atoms with Crippen LogP contribution in [-0.2, 0) is 9.59 Å². The molecule has 2 atom stereocenters. The molecule has 100 valence electrons. The molecule has 1 saturated carbocycles.